The number of hydrogen-bond acceptors (Lipinski definition) is 0. The van der Waals surface area contributed by atoms with Gasteiger partial charge in [-0.15, -0.1) is 0 Å². The highest BCUT2D eigenvalue weighted by atomic mass is 79.9. The molecule has 86 valence electrons. The van der Waals surface area contributed by atoms with Gasteiger partial charge in [-0.3, -0.25) is 0 Å². The number of hydrogen-bond donors (Lipinski definition) is 0. The maximum atomic E-state index is 3.47. The predicted octanol–water partition coefficient (Wildman–Crippen LogP) is 5.40. The molecule has 0 saturated heterocycles. The Morgan fingerprint density at radius 1 is 0.786 bits per heavy atom. The molecule has 0 bridgehead atoms. The van der Waals surface area contributed by atoms with Crippen LogP contribution >= 0.6 is 15.9 Å². The van der Waals surface area contributed by atoms with Gasteiger partial charge in [0.1, 0.15) is 0 Å². The SMILES string of the molecule is CC(C)CCCC(C)CCCCCBr. The van der Waals surface area contributed by atoms with Gasteiger partial charge in [0, 0.05) is 5.33 Å². The fraction of sp³-hybridized carbons (Fsp3) is 1.00. The summed E-state index contributed by atoms with van der Waals surface area (Å²) in [5.41, 5.74) is 0. The highest BCUT2D eigenvalue weighted by molar-refractivity contribution is 9.09. The van der Waals surface area contributed by atoms with Gasteiger partial charge in [0.15, 0.2) is 0 Å². The molecule has 0 rings (SSSR count). The Labute approximate surface area is 99.0 Å². The summed E-state index contributed by atoms with van der Waals surface area (Å²) >= 11 is 3.47. The Kier molecular flexibility index (Phi) is 10.4. The zero-order chi connectivity index (χ0) is 10.8. The van der Waals surface area contributed by atoms with Crippen LogP contribution in [0.1, 0.15) is 65.7 Å². The van der Waals surface area contributed by atoms with Crippen molar-refractivity contribution in [3.63, 3.8) is 0 Å². The molecule has 0 fully saturated rings. The van der Waals surface area contributed by atoms with Gasteiger partial charge in [-0.25, -0.2) is 0 Å². The van der Waals surface area contributed by atoms with Crippen molar-refractivity contribution in [2.45, 2.75) is 65.7 Å². The zero-order valence-electron chi connectivity index (χ0n) is 10.2. The summed E-state index contributed by atoms with van der Waals surface area (Å²) in [6.45, 7) is 7.05. The van der Waals surface area contributed by atoms with E-state index in [0.29, 0.717) is 0 Å². The topological polar surface area (TPSA) is 0 Å². The molecule has 14 heavy (non-hydrogen) atoms. The molecule has 0 N–H and O–H groups in total. The Balaban J connectivity index is 3.15. The van der Waals surface area contributed by atoms with Crippen LogP contribution in [0.3, 0.4) is 0 Å². The molecule has 0 spiro atoms. The average molecular weight is 263 g/mol. The number of halogens is 1. The molecule has 0 aromatic carbocycles. The summed E-state index contributed by atoms with van der Waals surface area (Å²) in [6.07, 6.45) is 9.88. The van der Waals surface area contributed by atoms with E-state index in [-0.39, 0.29) is 0 Å². The predicted molar refractivity (Wildman–Crippen MR) is 70.1 cm³/mol. The second-order valence-electron chi connectivity index (χ2n) is 4.97. The van der Waals surface area contributed by atoms with E-state index in [1.165, 1.54) is 50.3 Å². The molecular weight excluding hydrogens is 236 g/mol. The van der Waals surface area contributed by atoms with Gasteiger partial charge >= 0.3 is 0 Å². The van der Waals surface area contributed by atoms with Crippen molar-refractivity contribution in [3.8, 4) is 0 Å². The molecule has 0 aromatic heterocycles. The van der Waals surface area contributed by atoms with Gasteiger partial charge in [0.25, 0.3) is 0 Å². The summed E-state index contributed by atoms with van der Waals surface area (Å²) < 4.78 is 0. The Bertz CT molecular complexity index is 110. The molecule has 0 heterocycles. The Hall–Kier alpha value is 0.480. The van der Waals surface area contributed by atoms with Crippen molar-refractivity contribution in [1.29, 1.82) is 0 Å². The molecule has 0 aliphatic rings. The molecule has 0 aliphatic carbocycles. The van der Waals surface area contributed by atoms with Crippen LogP contribution in [-0.2, 0) is 0 Å². The maximum absolute atomic E-state index is 3.47. The van der Waals surface area contributed by atoms with Crippen LogP contribution in [0.5, 0.6) is 0 Å². The van der Waals surface area contributed by atoms with E-state index in [9.17, 15) is 0 Å². The van der Waals surface area contributed by atoms with Crippen molar-refractivity contribution < 1.29 is 0 Å². The first-order chi connectivity index (χ1) is 6.66. The largest absolute Gasteiger partial charge is 0.0928 e. The fourth-order valence-corrected chi connectivity index (χ4v) is 2.18. The van der Waals surface area contributed by atoms with Gasteiger partial charge in [0.05, 0.1) is 0 Å². The molecule has 0 radical (unpaired) electrons. The smallest absolute Gasteiger partial charge is 0.00313 e. The van der Waals surface area contributed by atoms with E-state index < -0.39 is 0 Å². The second-order valence-corrected chi connectivity index (χ2v) is 5.76. The quantitative estimate of drug-likeness (QED) is 0.385. The number of alkyl halides is 1. The van der Waals surface area contributed by atoms with E-state index in [2.05, 4.69) is 36.7 Å². The monoisotopic (exact) mass is 262 g/mol. The van der Waals surface area contributed by atoms with E-state index in [4.69, 9.17) is 0 Å². The fourth-order valence-electron chi connectivity index (χ4n) is 1.78. The first-order valence-electron chi connectivity index (χ1n) is 6.22. The third-order valence-corrected chi connectivity index (χ3v) is 3.37. The van der Waals surface area contributed by atoms with Crippen molar-refractivity contribution in [3.05, 3.63) is 0 Å². The molecule has 1 atom stereocenters. The molecule has 0 aromatic rings. The lowest BCUT2D eigenvalue weighted by Crippen LogP contribution is -1.96. The highest BCUT2D eigenvalue weighted by Gasteiger charge is 2.02. The first kappa shape index (κ1) is 14.5. The van der Waals surface area contributed by atoms with Crippen LogP contribution in [0.4, 0.5) is 0 Å². The summed E-state index contributed by atoms with van der Waals surface area (Å²) in [7, 11) is 0. The van der Waals surface area contributed by atoms with Crippen LogP contribution in [-0.4, -0.2) is 5.33 Å². The van der Waals surface area contributed by atoms with E-state index in [0.717, 1.165) is 11.8 Å². The molecule has 0 nitrogen and oxygen atoms in total. The number of unbranched alkanes of at least 4 members (excludes halogenated alkanes) is 2. The van der Waals surface area contributed by atoms with Gasteiger partial charge < -0.3 is 0 Å². The maximum Gasteiger partial charge on any atom is 0.00313 e. The minimum Gasteiger partial charge on any atom is -0.0928 e. The standard InChI is InChI=1S/C13H27Br/c1-12(2)8-7-10-13(3)9-5-4-6-11-14/h12-13H,4-11H2,1-3H3. The van der Waals surface area contributed by atoms with Crippen LogP contribution in [0.2, 0.25) is 0 Å². The molecule has 1 heteroatoms. The van der Waals surface area contributed by atoms with Crippen molar-refractivity contribution >= 4 is 15.9 Å². The van der Waals surface area contributed by atoms with Crippen LogP contribution in [0.15, 0.2) is 0 Å². The van der Waals surface area contributed by atoms with Crippen LogP contribution < -0.4 is 0 Å². The second kappa shape index (κ2) is 10.0. The lowest BCUT2D eigenvalue weighted by molar-refractivity contribution is 0.422. The molecule has 0 saturated carbocycles. The summed E-state index contributed by atoms with van der Waals surface area (Å²) in [6, 6.07) is 0. The molecule has 1 unspecified atom stereocenters. The van der Waals surface area contributed by atoms with Crippen molar-refractivity contribution in [2.24, 2.45) is 11.8 Å². The summed E-state index contributed by atoms with van der Waals surface area (Å²) in [4.78, 5) is 0. The summed E-state index contributed by atoms with van der Waals surface area (Å²) in [5, 5.41) is 1.18. The van der Waals surface area contributed by atoms with E-state index >= 15 is 0 Å². The highest BCUT2D eigenvalue weighted by Crippen LogP contribution is 2.17. The molecular formula is C13H27Br. The summed E-state index contributed by atoms with van der Waals surface area (Å²) in [5.74, 6) is 1.83. The lowest BCUT2D eigenvalue weighted by atomic mass is 9.95. The minimum absolute atomic E-state index is 0.885. The van der Waals surface area contributed by atoms with Crippen molar-refractivity contribution in [1.82, 2.24) is 0 Å². The van der Waals surface area contributed by atoms with E-state index in [1.807, 2.05) is 0 Å². The van der Waals surface area contributed by atoms with Gasteiger partial charge in [0.2, 0.25) is 0 Å². The number of rotatable bonds is 9. The Morgan fingerprint density at radius 2 is 1.43 bits per heavy atom. The Morgan fingerprint density at radius 3 is 2.00 bits per heavy atom. The van der Waals surface area contributed by atoms with Gasteiger partial charge in [-0.2, -0.15) is 0 Å². The van der Waals surface area contributed by atoms with Gasteiger partial charge in [-0.1, -0.05) is 75.2 Å². The first-order valence-corrected chi connectivity index (χ1v) is 7.35. The normalized spacial score (nSPS) is 13.5. The molecule has 0 amide bonds. The third-order valence-electron chi connectivity index (χ3n) is 2.81. The van der Waals surface area contributed by atoms with Crippen LogP contribution in [0, 0.1) is 11.8 Å². The van der Waals surface area contributed by atoms with Crippen LogP contribution in [0.25, 0.3) is 0 Å². The van der Waals surface area contributed by atoms with E-state index in [1.54, 1.807) is 0 Å². The average Bonchev–Trinajstić information content (AvgIpc) is 2.12. The minimum atomic E-state index is 0.885. The van der Waals surface area contributed by atoms with Crippen molar-refractivity contribution in [2.75, 3.05) is 5.33 Å². The van der Waals surface area contributed by atoms with Gasteiger partial charge in [-0.05, 0) is 18.3 Å². The lowest BCUT2D eigenvalue weighted by Gasteiger charge is -2.11. The third kappa shape index (κ3) is 10.6. The zero-order valence-corrected chi connectivity index (χ0v) is 11.8. The molecule has 0 aliphatic heterocycles.